The average Bonchev–Trinajstić information content (AvgIpc) is 3.30. The van der Waals surface area contributed by atoms with Crippen molar-refractivity contribution in [1.29, 1.82) is 0 Å². The van der Waals surface area contributed by atoms with E-state index in [2.05, 4.69) is 41.6 Å². The monoisotopic (exact) mass is 526 g/mol. The topological polar surface area (TPSA) is 74.3 Å². The van der Waals surface area contributed by atoms with Crippen LogP contribution in [-0.4, -0.2) is 40.4 Å². The Balaban J connectivity index is 1.01. The van der Waals surface area contributed by atoms with Gasteiger partial charge in [0.05, 0.1) is 11.8 Å². The van der Waals surface area contributed by atoms with Crippen molar-refractivity contribution < 1.29 is 14.4 Å². The van der Waals surface area contributed by atoms with Gasteiger partial charge in [0.25, 0.3) is 0 Å². The molecule has 0 atom stereocenters. The van der Waals surface area contributed by atoms with Crippen molar-refractivity contribution in [2.45, 2.75) is 64.3 Å². The minimum Gasteiger partial charge on any atom is -0.691 e. The quantitative estimate of drug-likeness (QED) is 0.127. The molecular formula is C32H38N4O3. The molecule has 4 aromatic rings. The Kier molecular flexibility index (Phi) is 9.09. The highest BCUT2D eigenvalue weighted by molar-refractivity contribution is 5.76. The number of hydrogen-bond acceptors (Lipinski definition) is 4. The molecule has 0 unspecified atom stereocenters. The second-order valence-electron chi connectivity index (χ2n) is 10.4. The van der Waals surface area contributed by atoms with Gasteiger partial charge in [-0.1, -0.05) is 67.8 Å². The zero-order valence-electron chi connectivity index (χ0n) is 22.6. The molecule has 0 radical (unpaired) electrons. The zero-order valence-corrected chi connectivity index (χ0v) is 22.6. The van der Waals surface area contributed by atoms with Crippen molar-refractivity contribution in [2.24, 2.45) is 0 Å². The lowest BCUT2D eigenvalue weighted by Gasteiger charge is -2.26. The van der Waals surface area contributed by atoms with Crippen LogP contribution < -0.4 is 9.58 Å². The highest BCUT2D eigenvalue weighted by Crippen LogP contribution is 2.24. The summed E-state index contributed by atoms with van der Waals surface area (Å²) in [6.07, 6.45) is 9.72. The highest BCUT2D eigenvalue weighted by atomic mass is 16.5. The Bertz CT molecular complexity index is 1340. The van der Waals surface area contributed by atoms with E-state index in [1.807, 2.05) is 35.2 Å². The summed E-state index contributed by atoms with van der Waals surface area (Å²) in [5.41, 5.74) is 4.75. The number of ether oxygens (including phenoxy) is 1. The van der Waals surface area contributed by atoms with Crippen LogP contribution in [0.1, 0.15) is 63.4 Å². The smallest absolute Gasteiger partial charge is 0.222 e. The molecule has 5 rings (SSSR count). The van der Waals surface area contributed by atoms with Gasteiger partial charge in [0, 0.05) is 19.5 Å². The molecule has 0 bridgehead atoms. The SMILES string of the molecule is O=C(CCCCCCCOc1ccc(-c2ccc(Cn3n[n+]([O-])c4ccccc43)cc2)cc1)N1CCCCC1. The van der Waals surface area contributed by atoms with E-state index in [0.29, 0.717) is 35.8 Å². The standard InChI is InChI=1S/C32H38N4O3/c37-32(34-22-8-4-9-23-34)13-5-2-1-3-10-24-39-29-20-18-28(19-21-29)27-16-14-26(15-17-27)25-35-30-11-6-7-12-31(30)36(38)33-35/h6-7,11-12,14-21H,1-5,8-10,13,22-25H2. The number of benzene rings is 3. The van der Waals surface area contributed by atoms with Crippen molar-refractivity contribution >= 4 is 16.9 Å². The minimum absolute atomic E-state index is 0.346. The molecule has 2 heterocycles. The van der Waals surface area contributed by atoms with Crippen molar-refractivity contribution in [1.82, 2.24) is 14.8 Å². The Morgan fingerprint density at radius 3 is 2.26 bits per heavy atom. The second-order valence-corrected chi connectivity index (χ2v) is 10.4. The van der Waals surface area contributed by atoms with Crippen LogP contribution in [0.4, 0.5) is 0 Å². The van der Waals surface area contributed by atoms with Gasteiger partial charge in [-0.3, -0.25) is 4.79 Å². The molecule has 3 aromatic carbocycles. The fourth-order valence-electron chi connectivity index (χ4n) is 5.27. The number of para-hydroxylation sites is 2. The van der Waals surface area contributed by atoms with E-state index in [4.69, 9.17) is 4.74 Å². The Morgan fingerprint density at radius 2 is 1.49 bits per heavy atom. The number of piperidine rings is 1. The van der Waals surface area contributed by atoms with E-state index in [1.54, 1.807) is 10.7 Å². The summed E-state index contributed by atoms with van der Waals surface area (Å²) in [6.45, 7) is 3.17. The number of likely N-dealkylation sites (tertiary alicyclic amines) is 1. The summed E-state index contributed by atoms with van der Waals surface area (Å²) in [5.74, 6) is 1.23. The summed E-state index contributed by atoms with van der Waals surface area (Å²) in [5, 5.41) is 16.1. The molecule has 1 amide bonds. The number of rotatable bonds is 12. The van der Waals surface area contributed by atoms with Gasteiger partial charge in [-0.05, 0) is 73.1 Å². The number of carbonyl (C=O) groups excluding carboxylic acids is 1. The zero-order chi connectivity index (χ0) is 26.9. The summed E-state index contributed by atoms with van der Waals surface area (Å²) in [4.78, 5) is 14.9. The van der Waals surface area contributed by atoms with Crippen molar-refractivity contribution in [3.05, 3.63) is 83.6 Å². The first kappa shape index (κ1) is 26.7. The maximum Gasteiger partial charge on any atom is 0.222 e. The van der Waals surface area contributed by atoms with E-state index in [-0.39, 0.29) is 0 Å². The van der Waals surface area contributed by atoms with Crippen LogP contribution in [0.3, 0.4) is 0 Å². The normalized spacial score (nSPS) is 13.6. The first-order valence-electron chi connectivity index (χ1n) is 14.3. The lowest BCUT2D eigenvalue weighted by Crippen LogP contribution is -2.35. The van der Waals surface area contributed by atoms with E-state index in [0.717, 1.165) is 86.0 Å². The van der Waals surface area contributed by atoms with Gasteiger partial charge in [0.1, 0.15) is 12.3 Å². The maximum atomic E-state index is 12.2. The second kappa shape index (κ2) is 13.3. The molecule has 1 saturated heterocycles. The van der Waals surface area contributed by atoms with Crippen molar-refractivity contribution in [2.75, 3.05) is 19.7 Å². The van der Waals surface area contributed by atoms with Gasteiger partial charge in [-0.15, -0.1) is 9.53 Å². The molecule has 39 heavy (non-hydrogen) atoms. The molecule has 1 aliphatic rings. The van der Waals surface area contributed by atoms with Crippen LogP contribution in [0.2, 0.25) is 0 Å². The average molecular weight is 527 g/mol. The lowest BCUT2D eigenvalue weighted by molar-refractivity contribution is -0.646. The molecule has 1 aliphatic heterocycles. The molecule has 1 fully saturated rings. The van der Waals surface area contributed by atoms with Crippen LogP contribution in [0.15, 0.2) is 72.8 Å². The minimum atomic E-state index is 0.346. The largest absolute Gasteiger partial charge is 0.691 e. The van der Waals surface area contributed by atoms with E-state index < -0.39 is 0 Å². The van der Waals surface area contributed by atoms with Crippen molar-refractivity contribution in [3.8, 4) is 16.9 Å². The molecule has 0 N–H and O–H groups in total. The summed E-state index contributed by atoms with van der Waals surface area (Å²) in [7, 11) is 0. The number of nitrogens with zero attached hydrogens (tertiary/aromatic N) is 4. The molecular weight excluding hydrogens is 488 g/mol. The van der Waals surface area contributed by atoms with Crippen LogP contribution in [0, 0.1) is 5.21 Å². The number of aromatic nitrogens is 3. The molecule has 0 saturated carbocycles. The third-order valence-corrected chi connectivity index (χ3v) is 7.54. The van der Waals surface area contributed by atoms with E-state index in [9.17, 15) is 10.0 Å². The number of fused-ring (bicyclic) bond motifs is 1. The Hall–Kier alpha value is -3.87. The third-order valence-electron chi connectivity index (χ3n) is 7.54. The van der Waals surface area contributed by atoms with Crippen LogP contribution in [0.25, 0.3) is 22.2 Å². The van der Waals surface area contributed by atoms with Gasteiger partial charge in [0.2, 0.25) is 11.4 Å². The summed E-state index contributed by atoms with van der Waals surface area (Å²) in [6, 6.07) is 24.0. The Morgan fingerprint density at radius 1 is 0.821 bits per heavy atom. The summed E-state index contributed by atoms with van der Waals surface area (Å²) < 4.78 is 7.68. The number of unbranched alkanes of at least 4 members (excludes halogenated alkanes) is 4. The highest BCUT2D eigenvalue weighted by Gasteiger charge is 2.16. The number of hydrogen-bond donors (Lipinski definition) is 0. The molecule has 7 nitrogen and oxygen atoms in total. The van der Waals surface area contributed by atoms with Crippen LogP contribution >= 0.6 is 0 Å². The third kappa shape index (κ3) is 7.16. The first-order valence-corrected chi connectivity index (χ1v) is 14.3. The molecule has 1 aromatic heterocycles. The fourth-order valence-corrected chi connectivity index (χ4v) is 5.27. The first-order chi connectivity index (χ1) is 19.2. The molecule has 204 valence electrons. The van der Waals surface area contributed by atoms with Crippen molar-refractivity contribution in [3.63, 3.8) is 0 Å². The number of amides is 1. The van der Waals surface area contributed by atoms with E-state index >= 15 is 0 Å². The fraction of sp³-hybridized carbons (Fsp3) is 0.406. The molecule has 7 heteroatoms. The summed E-state index contributed by atoms with van der Waals surface area (Å²) >= 11 is 0. The predicted octanol–water partition coefficient (Wildman–Crippen LogP) is 6.12. The van der Waals surface area contributed by atoms with E-state index in [1.165, 1.54) is 6.42 Å². The maximum absolute atomic E-state index is 12.2. The molecule has 0 spiro atoms. The van der Waals surface area contributed by atoms with Crippen LogP contribution in [-0.2, 0) is 11.3 Å². The van der Waals surface area contributed by atoms with Gasteiger partial charge in [-0.25, -0.2) is 0 Å². The van der Waals surface area contributed by atoms with Gasteiger partial charge in [-0.2, -0.15) is 0 Å². The predicted molar refractivity (Wildman–Crippen MR) is 153 cm³/mol. The van der Waals surface area contributed by atoms with Gasteiger partial charge >= 0.3 is 0 Å². The Labute approximate surface area is 230 Å². The van der Waals surface area contributed by atoms with Gasteiger partial charge in [0.15, 0.2) is 5.52 Å². The number of carbonyl (C=O) groups is 1. The van der Waals surface area contributed by atoms with Crippen LogP contribution in [0.5, 0.6) is 5.75 Å². The lowest BCUT2D eigenvalue weighted by atomic mass is 10.0. The molecule has 0 aliphatic carbocycles. The van der Waals surface area contributed by atoms with Gasteiger partial charge < -0.3 is 14.8 Å².